The molecule has 2 aromatic carbocycles. The van der Waals surface area contributed by atoms with Gasteiger partial charge in [0.1, 0.15) is 12.4 Å². The molecule has 1 aliphatic heterocycles. The molecule has 186 valence electrons. The molecular formula is C28H21N7O3. The van der Waals surface area contributed by atoms with Gasteiger partial charge >= 0.3 is 5.69 Å². The molecule has 0 saturated heterocycles. The Labute approximate surface area is 216 Å². The van der Waals surface area contributed by atoms with Crippen molar-refractivity contribution in [2.45, 2.75) is 24.8 Å². The number of pyridine rings is 1. The normalized spacial score (nSPS) is 17.4. The molecule has 0 radical (unpaired) electrons. The average molecular weight is 504 g/mol. The van der Waals surface area contributed by atoms with Crippen LogP contribution in [-0.2, 0) is 34.4 Å². The molecule has 1 spiro atoms. The minimum absolute atomic E-state index is 0.0492. The lowest BCUT2D eigenvalue weighted by molar-refractivity contribution is -0.120. The summed E-state index contributed by atoms with van der Waals surface area (Å²) >= 11 is 0. The van der Waals surface area contributed by atoms with Crippen molar-refractivity contribution in [1.29, 1.82) is 0 Å². The quantitative estimate of drug-likeness (QED) is 0.389. The molecule has 0 fully saturated rings. The van der Waals surface area contributed by atoms with Crippen LogP contribution in [0, 0.1) is 0 Å². The van der Waals surface area contributed by atoms with E-state index in [0.717, 1.165) is 16.7 Å². The fraction of sp³-hybridized carbons (Fsp3) is 0.143. The van der Waals surface area contributed by atoms with E-state index in [0.29, 0.717) is 41.2 Å². The zero-order valence-corrected chi connectivity index (χ0v) is 20.1. The maximum atomic E-state index is 13.3. The third-order valence-electron chi connectivity index (χ3n) is 7.38. The number of anilines is 2. The molecule has 1 atom stereocenters. The van der Waals surface area contributed by atoms with Crippen molar-refractivity contribution in [1.82, 2.24) is 24.1 Å². The molecule has 2 N–H and O–H groups in total. The van der Waals surface area contributed by atoms with E-state index in [9.17, 15) is 14.4 Å². The molecule has 2 amide bonds. The standard InChI is InChI=1S/C28H21N7O3/c36-24(16-34-21-5-1-2-6-22(21)35(27(34)38)23-15-29-10-11-30-23)32-19-8-7-17-13-28(14-18(17)12-19)20-4-3-9-31-25(20)33-26(28)37/h1-12,15H,13-14,16H2,(H,32,36)(H,31,33,37). The van der Waals surface area contributed by atoms with E-state index >= 15 is 0 Å². The van der Waals surface area contributed by atoms with Crippen LogP contribution in [0.1, 0.15) is 16.7 Å². The van der Waals surface area contributed by atoms with Gasteiger partial charge in [0.2, 0.25) is 11.8 Å². The van der Waals surface area contributed by atoms with Crippen molar-refractivity contribution in [3.63, 3.8) is 0 Å². The lowest BCUT2D eigenvalue weighted by atomic mass is 9.79. The fourth-order valence-corrected chi connectivity index (χ4v) is 5.68. The highest BCUT2D eigenvalue weighted by atomic mass is 16.2. The third kappa shape index (κ3) is 3.27. The number of aromatic nitrogens is 5. The first kappa shape index (κ1) is 22.1. The van der Waals surface area contributed by atoms with Gasteiger partial charge in [0.05, 0.1) is 22.6 Å². The number of hydrogen-bond acceptors (Lipinski definition) is 6. The van der Waals surface area contributed by atoms with Gasteiger partial charge in [-0.1, -0.05) is 24.3 Å². The maximum absolute atomic E-state index is 13.3. The van der Waals surface area contributed by atoms with Gasteiger partial charge in [0, 0.05) is 29.8 Å². The second-order valence-corrected chi connectivity index (χ2v) is 9.58. The number of amides is 2. The SMILES string of the molecule is O=C(Cn1c(=O)n(-c2cnccn2)c2ccccc21)Nc1ccc2c(c1)CC1(C2)C(=O)Nc2ncccc21. The van der Waals surface area contributed by atoms with Gasteiger partial charge in [-0.2, -0.15) is 0 Å². The Hall–Kier alpha value is -5.12. The molecule has 7 rings (SSSR count). The van der Waals surface area contributed by atoms with Crippen LogP contribution < -0.4 is 16.3 Å². The van der Waals surface area contributed by atoms with Crippen molar-refractivity contribution < 1.29 is 9.59 Å². The Morgan fingerprint density at radius 2 is 1.79 bits per heavy atom. The number of benzene rings is 2. The summed E-state index contributed by atoms with van der Waals surface area (Å²) in [6.45, 7) is -0.172. The third-order valence-corrected chi connectivity index (χ3v) is 7.38. The van der Waals surface area contributed by atoms with Crippen molar-refractivity contribution in [2.75, 3.05) is 10.6 Å². The Morgan fingerprint density at radius 1 is 0.947 bits per heavy atom. The summed E-state index contributed by atoms with van der Waals surface area (Å²) in [6, 6.07) is 16.7. The predicted molar refractivity (Wildman–Crippen MR) is 140 cm³/mol. The van der Waals surface area contributed by atoms with Crippen LogP contribution in [0.25, 0.3) is 16.9 Å². The van der Waals surface area contributed by atoms with Crippen molar-refractivity contribution in [2.24, 2.45) is 0 Å². The number of carbonyl (C=O) groups excluding carboxylic acids is 2. The van der Waals surface area contributed by atoms with Gasteiger partial charge < -0.3 is 10.6 Å². The molecule has 1 aliphatic carbocycles. The van der Waals surface area contributed by atoms with E-state index < -0.39 is 5.41 Å². The van der Waals surface area contributed by atoms with Gasteiger partial charge in [-0.15, -0.1) is 0 Å². The van der Waals surface area contributed by atoms with Crippen LogP contribution in [0.2, 0.25) is 0 Å². The van der Waals surface area contributed by atoms with E-state index in [1.807, 2.05) is 48.5 Å². The number of para-hydroxylation sites is 2. The number of nitrogens with zero attached hydrogens (tertiary/aromatic N) is 5. The summed E-state index contributed by atoms with van der Waals surface area (Å²) in [6.07, 6.45) is 7.34. The van der Waals surface area contributed by atoms with Crippen LogP contribution in [0.4, 0.5) is 11.5 Å². The molecular weight excluding hydrogens is 482 g/mol. The van der Waals surface area contributed by atoms with Crippen molar-refractivity contribution >= 4 is 34.4 Å². The number of fused-ring (bicyclic) bond motifs is 4. The van der Waals surface area contributed by atoms with Crippen molar-refractivity contribution in [3.05, 3.63) is 107 Å². The van der Waals surface area contributed by atoms with Gasteiger partial charge in [0.15, 0.2) is 5.82 Å². The van der Waals surface area contributed by atoms with Crippen LogP contribution in [0.5, 0.6) is 0 Å². The van der Waals surface area contributed by atoms with Gasteiger partial charge in [-0.25, -0.2) is 19.3 Å². The predicted octanol–water partition coefficient (Wildman–Crippen LogP) is 2.60. The van der Waals surface area contributed by atoms with Gasteiger partial charge in [0.25, 0.3) is 0 Å². The lowest BCUT2D eigenvalue weighted by Crippen LogP contribution is -2.35. The molecule has 4 heterocycles. The van der Waals surface area contributed by atoms with Crippen LogP contribution in [0.3, 0.4) is 0 Å². The smallest absolute Gasteiger partial charge is 0.325 e. The Balaban J connectivity index is 1.16. The second kappa shape index (κ2) is 8.20. The molecule has 3 aromatic heterocycles. The first-order valence-corrected chi connectivity index (χ1v) is 12.2. The van der Waals surface area contributed by atoms with E-state index in [2.05, 4.69) is 25.6 Å². The zero-order chi connectivity index (χ0) is 25.9. The van der Waals surface area contributed by atoms with Crippen LogP contribution in [0.15, 0.2) is 84.2 Å². The summed E-state index contributed by atoms with van der Waals surface area (Å²) in [5, 5.41) is 5.83. The largest absolute Gasteiger partial charge is 0.335 e. The maximum Gasteiger partial charge on any atom is 0.335 e. The highest BCUT2D eigenvalue weighted by Gasteiger charge is 2.51. The average Bonchev–Trinajstić information content (AvgIpc) is 3.54. The van der Waals surface area contributed by atoms with E-state index in [1.165, 1.54) is 27.7 Å². The number of carbonyl (C=O) groups is 2. The minimum atomic E-state index is -0.677. The fourth-order valence-electron chi connectivity index (χ4n) is 5.68. The van der Waals surface area contributed by atoms with Crippen molar-refractivity contribution in [3.8, 4) is 5.82 Å². The highest BCUT2D eigenvalue weighted by Crippen LogP contribution is 2.46. The minimum Gasteiger partial charge on any atom is -0.325 e. The lowest BCUT2D eigenvalue weighted by Gasteiger charge is -2.20. The first-order chi connectivity index (χ1) is 18.5. The highest BCUT2D eigenvalue weighted by molar-refractivity contribution is 6.06. The molecule has 38 heavy (non-hydrogen) atoms. The topological polar surface area (TPSA) is 124 Å². The molecule has 0 bridgehead atoms. The monoisotopic (exact) mass is 503 g/mol. The van der Waals surface area contributed by atoms with E-state index in [-0.39, 0.29) is 24.0 Å². The summed E-state index contributed by atoms with van der Waals surface area (Å²) in [4.78, 5) is 52.1. The van der Waals surface area contributed by atoms with E-state index in [4.69, 9.17) is 0 Å². The van der Waals surface area contributed by atoms with Gasteiger partial charge in [-0.05, 0) is 54.3 Å². The second-order valence-electron chi connectivity index (χ2n) is 9.58. The van der Waals surface area contributed by atoms with Crippen LogP contribution >= 0.6 is 0 Å². The molecule has 0 saturated carbocycles. The molecule has 5 aromatic rings. The summed E-state index contributed by atoms with van der Waals surface area (Å²) < 4.78 is 2.87. The summed E-state index contributed by atoms with van der Waals surface area (Å²) in [5.41, 5.74) is 3.80. The Morgan fingerprint density at radius 3 is 2.63 bits per heavy atom. The zero-order valence-electron chi connectivity index (χ0n) is 20.1. The van der Waals surface area contributed by atoms with Gasteiger partial charge in [-0.3, -0.25) is 19.1 Å². The summed E-state index contributed by atoms with van der Waals surface area (Å²) in [5.74, 6) is 0.611. The Bertz CT molecular complexity index is 1830. The number of rotatable bonds is 4. The molecule has 1 unspecified atom stereocenters. The number of nitrogens with one attached hydrogen (secondary N) is 2. The molecule has 10 heteroatoms. The Kier molecular flexibility index (Phi) is 4.77. The molecule has 2 aliphatic rings. The first-order valence-electron chi connectivity index (χ1n) is 12.2. The number of hydrogen-bond donors (Lipinski definition) is 2. The number of imidazole rings is 1. The van der Waals surface area contributed by atoms with E-state index in [1.54, 1.807) is 12.3 Å². The van der Waals surface area contributed by atoms with Crippen LogP contribution in [-0.4, -0.2) is 35.9 Å². The summed E-state index contributed by atoms with van der Waals surface area (Å²) in [7, 11) is 0. The molecule has 10 nitrogen and oxygen atoms in total.